The van der Waals surface area contributed by atoms with Crippen LogP contribution in [-0.2, 0) is 0 Å². The van der Waals surface area contributed by atoms with E-state index >= 15 is 0 Å². The van der Waals surface area contributed by atoms with Crippen molar-refractivity contribution in [3.05, 3.63) is 12.3 Å². The molecule has 0 atom stereocenters. The van der Waals surface area contributed by atoms with Gasteiger partial charge in [0, 0.05) is 38.3 Å². The lowest BCUT2D eigenvalue weighted by Gasteiger charge is -2.35. The van der Waals surface area contributed by atoms with Crippen LogP contribution in [0, 0.1) is 12.3 Å². The van der Waals surface area contributed by atoms with Crippen LogP contribution in [0.5, 0.6) is 0 Å². The second kappa shape index (κ2) is 4.94. The molecular weight excluding hydrogens is 160 g/mol. The molecule has 0 aromatic rings. The molecule has 0 spiro atoms. The summed E-state index contributed by atoms with van der Waals surface area (Å²) in [7, 11) is 2.15. The smallest absolute Gasteiger partial charge is 0.0303 e. The molecule has 1 aliphatic heterocycles. The van der Waals surface area contributed by atoms with E-state index in [-0.39, 0.29) is 0 Å². The molecule has 0 unspecified atom stereocenters. The average Bonchev–Trinajstić information content (AvgIpc) is 2.15. The number of terminal acetylenes is 1. The van der Waals surface area contributed by atoms with Crippen molar-refractivity contribution in [2.75, 3.05) is 33.2 Å². The summed E-state index contributed by atoms with van der Waals surface area (Å²) in [5.41, 5.74) is 1.20. The molecule has 0 amide bonds. The third-order valence-electron chi connectivity index (χ3n) is 2.51. The van der Waals surface area contributed by atoms with Crippen LogP contribution in [0.4, 0.5) is 0 Å². The highest BCUT2D eigenvalue weighted by Crippen LogP contribution is 2.11. The summed E-state index contributed by atoms with van der Waals surface area (Å²) in [5.74, 6) is 2.65. The first kappa shape index (κ1) is 10.1. The van der Waals surface area contributed by atoms with E-state index in [1.165, 1.54) is 5.70 Å². The molecule has 2 heteroatoms. The first-order chi connectivity index (χ1) is 6.24. The minimum absolute atomic E-state index is 0.811. The third kappa shape index (κ3) is 3.12. The van der Waals surface area contributed by atoms with Crippen molar-refractivity contribution < 1.29 is 0 Å². The number of hydrogen-bond acceptors (Lipinski definition) is 2. The number of hydrogen-bond donors (Lipinski definition) is 0. The van der Waals surface area contributed by atoms with Crippen LogP contribution in [0.2, 0.25) is 0 Å². The molecule has 13 heavy (non-hydrogen) atoms. The standard InChI is InChI=1S/C11H18N2/c1-4-5-6-11(2)13-9-7-12(3)8-10-13/h1H,2,5-10H2,3H3. The molecule has 0 saturated carbocycles. The van der Waals surface area contributed by atoms with Crippen LogP contribution in [0.25, 0.3) is 0 Å². The molecule has 1 aliphatic rings. The lowest BCUT2D eigenvalue weighted by molar-refractivity contribution is 0.183. The Morgan fingerprint density at radius 3 is 2.54 bits per heavy atom. The highest BCUT2D eigenvalue weighted by molar-refractivity contribution is 4.99. The van der Waals surface area contributed by atoms with Crippen LogP contribution in [0.3, 0.4) is 0 Å². The maximum Gasteiger partial charge on any atom is 0.0303 e. The fourth-order valence-electron chi connectivity index (χ4n) is 1.50. The molecule has 1 rings (SSSR count). The average molecular weight is 178 g/mol. The zero-order valence-corrected chi connectivity index (χ0v) is 8.42. The number of nitrogens with zero attached hydrogens (tertiary/aromatic N) is 2. The maximum absolute atomic E-state index is 5.21. The predicted octanol–water partition coefficient (Wildman–Crippen LogP) is 1.16. The molecule has 1 fully saturated rings. The van der Waals surface area contributed by atoms with Gasteiger partial charge in [0.2, 0.25) is 0 Å². The zero-order valence-electron chi connectivity index (χ0n) is 8.42. The molecule has 72 valence electrons. The van der Waals surface area contributed by atoms with E-state index < -0.39 is 0 Å². The van der Waals surface area contributed by atoms with Gasteiger partial charge in [-0.3, -0.25) is 0 Å². The predicted molar refractivity (Wildman–Crippen MR) is 56.3 cm³/mol. The van der Waals surface area contributed by atoms with E-state index in [1.807, 2.05) is 0 Å². The van der Waals surface area contributed by atoms with Crippen molar-refractivity contribution in [1.29, 1.82) is 0 Å². The summed E-state index contributed by atoms with van der Waals surface area (Å²) < 4.78 is 0. The van der Waals surface area contributed by atoms with Gasteiger partial charge in [-0.2, -0.15) is 0 Å². The van der Waals surface area contributed by atoms with E-state index in [2.05, 4.69) is 29.3 Å². The van der Waals surface area contributed by atoms with Gasteiger partial charge in [0.1, 0.15) is 0 Å². The van der Waals surface area contributed by atoms with E-state index in [0.717, 1.165) is 39.0 Å². The summed E-state index contributed by atoms with van der Waals surface area (Å²) in [6, 6.07) is 0. The van der Waals surface area contributed by atoms with Gasteiger partial charge in [0.25, 0.3) is 0 Å². The largest absolute Gasteiger partial charge is 0.373 e. The van der Waals surface area contributed by atoms with Crippen molar-refractivity contribution >= 4 is 0 Å². The topological polar surface area (TPSA) is 6.48 Å². The quantitative estimate of drug-likeness (QED) is 0.598. The fourth-order valence-corrected chi connectivity index (χ4v) is 1.50. The number of likely N-dealkylation sites (N-methyl/N-ethyl adjacent to an activating group) is 1. The van der Waals surface area contributed by atoms with Crippen LogP contribution in [-0.4, -0.2) is 43.0 Å². The van der Waals surface area contributed by atoms with Gasteiger partial charge in [0.05, 0.1) is 0 Å². The first-order valence-electron chi connectivity index (χ1n) is 4.79. The Labute approximate surface area is 81.2 Å². The molecule has 0 aromatic carbocycles. The van der Waals surface area contributed by atoms with Gasteiger partial charge in [-0.1, -0.05) is 6.58 Å². The van der Waals surface area contributed by atoms with Gasteiger partial charge in [-0.15, -0.1) is 12.3 Å². The number of allylic oxidation sites excluding steroid dienone is 1. The third-order valence-corrected chi connectivity index (χ3v) is 2.51. The van der Waals surface area contributed by atoms with E-state index in [0.29, 0.717) is 0 Å². The Hall–Kier alpha value is -0.940. The van der Waals surface area contributed by atoms with Crippen LogP contribution in [0.1, 0.15) is 12.8 Å². The van der Waals surface area contributed by atoms with Crippen molar-refractivity contribution in [1.82, 2.24) is 9.80 Å². The molecular formula is C11H18N2. The van der Waals surface area contributed by atoms with Crippen LogP contribution in [0.15, 0.2) is 12.3 Å². The van der Waals surface area contributed by atoms with Gasteiger partial charge in [0.15, 0.2) is 0 Å². The van der Waals surface area contributed by atoms with Crippen LogP contribution < -0.4 is 0 Å². The van der Waals surface area contributed by atoms with Crippen molar-refractivity contribution in [2.24, 2.45) is 0 Å². The Balaban J connectivity index is 2.28. The van der Waals surface area contributed by atoms with E-state index in [9.17, 15) is 0 Å². The van der Waals surface area contributed by atoms with Gasteiger partial charge in [-0.25, -0.2) is 0 Å². The molecule has 0 bridgehead atoms. The zero-order chi connectivity index (χ0) is 9.68. The van der Waals surface area contributed by atoms with Gasteiger partial charge < -0.3 is 9.80 Å². The SMILES string of the molecule is C#CCCC(=C)N1CCN(C)CC1. The monoisotopic (exact) mass is 178 g/mol. The van der Waals surface area contributed by atoms with E-state index in [4.69, 9.17) is 6.42 Å². The minimum Gasteiger partial charge on any atom is -0.373 e. The molecule has 1 saturated heterocycles. The summed E-state index contributed by atoms with van der Waals surface area (Å²) in [6.07, 6.45) is 6.97. The van der Waals surface area contributed by atoms with Gasteiger partial charge >= 0.3 is 0 Å². The molecule has 2 nitrogen and oxygen atoms in total. The Morgan fingerprint density at radius 2 is 2.00 bits per heavy atom. The highest BCUT2D eigenvalue weighted by Gasteiger charge is 2.13. The maximum atomic E-state index is 5.21. The molecule has 0 N–H and O–H groups in total. The Bertz CT molecular complexity index is 207. The Kier molecular flexibility index (Phi) is 3.85. The van der Waals surface area contributed by atoms with Gasteiger partial charge in [-0.05, 0) is 13.5 Å². The Morgan fingerprint density at radius 1 is 1.38 bits per heavy atom. The second-order valence-electron chi connectivity index (χ2n) is 3.56. The van der Waals surface area contributed by atoms with Crippen LogP contribution >= 0.6 is 0 Å². The van der Waals surface area contributed by atoms with Crippen molar-refractivity contribution in [2.45, 2.75) is 12.8 Å². The summed E-state index contributed by atoms with van der Waals surface area (Å²) in [4.78, 5) is 4.68. The summed E-state index contributed by atoms with van der Waals surface area (Å²) >= 11 is 0. The lowest BCUT2D eigenvalue weighted by atomic mass is 10.2. The molecule has 1 heterocycles. The molecule has 0 aliphatic carbocycles. The molecule has 0 aromatic heterocycles. The van der Waals surface area contributed by atoms with E-state index in [1.54, 1.807) is 0 Å². The van der Waals surface area contributed by atoms with Crippen molar-refractivity contribution in [3.8, 4) is 12.3 Å². The first-order valence-corrected chi connectivity index (χ1v) is 4.79. The second-order valence-corrected chi connectivity index (χ2v) is 3.56. The number of rotatable bonds is 3. The lowest BCUT2D eigenvalue weighted by Crippen LogP contribution is -2.43. The number of piperazine rings is 1. The molecule has 0 radical (unpaired) electrons. The minimum atomic E-state index is 0.811. The normalized spacial score (nSPS) is 18.3. The fraction of sp³-hybridized carbons (Fsp3) is 0.636. The summed E-state index contributed by atoms with van der Waals surface area (Å²) in [5, 5.41) is 0. The summed E-state index contributed by atoms with van der Waals surface area (Å²) in [6.45, 7) is 8.52. The highest BCUT2D eigenvalue weighted by atomic mass is 15.2. The van der Waals surface area contributed by atoms with Crippen molar-refractivity contribution in [3.63, 3.8) is 0 Å².